The number of nitrogens with zero attached hydrogens (tertiary/aromatic N) is 8. The predicted molar refractivity (Wildman–Crippen MR) is 131 cm³/mol. The summed E-state index contributed by atoms with van der Waals surface area (Å²) in [5.41, 5.74) is 4.94. The molecular weight excluding hydrogens is 442 g/mol. The number of pyridine rings is 2. The van der Waals surface area contributed by atoms with Gasteiger partial charge in [-0.1, -0.05) is 0 Å². The Balaban J connectivity index is 1.25. The zero-order valence-corrected chi connectivity index (χ0v) is 19.3. The third-order valence-electron chi connectivity index (χ3n) is 6.87. The number of carbonyl (C=O) groups excluding carboxylic acids is 1. The van der Waals surface area contributed by atoms with E-state index in [1.807, 2.05) is 46.6 Å². The second-order valence-electron chi connectivity index (χ2n) is 8.95. The number of rotatable bonds is 3. The van der Waals surface area contributed by atoms with Gasteiger partial charge in [-0.3, -0.25) is 5.10 Å². The van der Waals surface area contributed by atoms with Gasteiger partial charge in [-0.25, -0.2) is 14.3 Å². The minimum absolute atomic E-state index is 0.168. The molecular formula is C25H25N9O. The van der Waals surface area contributed by atoms with Gasteiger partial charge >= 0.3 is 6.03 Å². The fourth-order valence-electron chi connectivity index (χ4n) is 4.96. The normalized spacial score (nSPS) is 16.1. The third kappa shape index (κ3) is 3.85. The lowest BCUT2D eigenvalue weighted by Gasteiger charge is -2.37. The van der Waals surface area contributed by atoms with E-state index in [0.717, 1.165) is 72.6 Å². The Morgan fingerprint density at radius 3 is 2.43 bits per heavy atom. The Bertz CT molecular complexity index is 1390. The van der Waals surface area contributed by atoms with Crippen molar-refractivity contribution >= 4 is 17.4 Å². The standard InChI is InChI=1S/C25H25N9O/c26-12-20-16-30-34-17-19(21-14-28-29-15-21)11-22(24(20)34)18-3-4-23(27-13-18)31-7-9-33(10-8-31)25(35)32-5-1-2-6-32/h3-4,11,13-17H,1-2,5-10H2,(H,28,29). The molecule has 1 N–H and O–H groups in total. The van der Waals surface area contributed by atoms with E-state index < -0.39 is 0 Å². The molecule has 0 aromatic carbocycles. The minimum Gasteiger partial charge on any atom is -0.353 e. The van der Waals surface area contributed by atoms with Gasteiger partial charge in [-0.15, -0.1) is 0 Å². The largest absolute Gasteiger partial charge is 0.353 e. The van der Waals surface area contributed by atoms with Crippen LogP contribution in [0.5, 0.6) is 0 Å². The number of likely N-dealkylation sites (tertiary alicyclic amines) is 1. The Labute approximate surface area is 202 Å². The van der Waals surface area contributed by atoms with Crippen LogP contribution in [0.25, 0.3) is 27.8 Å². The van der Waals surface area contributed by atoms with Crippen molar-refractivity contribution in [2.24, 2.45) is 0 Å². The van der Waals surface area contributed by atoms with E-state index in [-0.39, 0.29) is 6.03 Å². The van der Waals surface area contributed by atoms with Crippen LogP contribution in [0, 0.1) is 11.3 Å². The number of urea groups is 1. The van der Waals surface area contributed by atoms with E-state index in [1.54, 1.807) is 16.9 Å². The molecule has 2 fully saturated rings. The van der Waals surface area contributed by atoms with E-state index in [4.69, 9.17) is 4.98 Å². The second kappa shape index (κ2) is 8.76. The summed E-state index contributed by atoms with van der Waals surface area (Å²) < 4.78 is 1.74. The molecule has 176 valence electrons. The lowest BCUT2D eigenvalue weighted by Crippen LogP contribution is -2.52. The summed E-state index contributed by atoms with van der Waals surface area (Å²) >= 11 is 0. The van der Waals surface area contributed by atoms with Crippen molar-refractivity contribution in [1.29, 1.82) is 5.26 Å². The summed E-state index contributed by atoms with van der Waals surface area (Å²) in [4.78, 5) is 23.6. The number of nitriles is 1. The van der Waals surface area contributed by atoms with Crippen LogP contribution < -0.4 is 4.90 Å². The fraction of sp³-hybridized carbons (Fsp3) is 0.320. The van der Waals surface area contributed by atoms with Crippen LogP contribution in [0.1, 0.15) is 18.4 Å². The predicted octanol–water partition coefficient (Wildman–Crippen LogP) is 3.00. The van der Waals surface area contributed by atoms with Gasteiger partial charge in [0.1, 0.15) is 11.9 Å². The molecule has 0 bridgehead atoms. The van der Waals surface area contributed by atoms with Gasteiger partial charge in [0.05, 0.1) is 23.5 Å². The summed E-state index contributed by atoms with van der Waals surface area (Å²) in [6, 6.07) is 8.50. The van der Waals surface area contributed by atoms with Crippen molar-refractivity contribution in [3.05, 3.63) is 54.7 Å². The lowest BCUT2D eigenvalue weighted by molar-refractivity contribution is 0.159. The number of H-pyrrole nitrogens is 1. The zero-order chi connectivity index (χ0) is 23.8. The number of hydrogen-bond donors (Lipinski definition) is 1. The number of nitrogens with one attached hydrogen (secondary N) is 1. The smallest absolute Gasteiger partial charge is 0.320 e. The first-order valence-electron chi connectivity index (χ1n) is 11.9. The number of aromatic amines is 1. The van der Waals surface area contributed by atoms with Crippen molar-refractivity contribution in [2.45, 2.75) is 12.8 Å². The van der Waals surface area contributed by atoms with E-state index in [0.29, 0.717) is 18.7 Å². The number of aromatic nitrogens is 5. The molecule has 2 saturated heterocycles. The van der Waals surface area contributed by atoms with Gasteiger partial charge in [-0.05, 0) is 31.0 Å². The second-order valence-corrected chi connectivity index (χ2v) is 8.95. The van der Waals surface area contributed by atoms with Crippen LogP contribution in [0.3, 0.4) is 0 Å². The first-order chi connectivity index (χ1) is 17.2. The molecule has 0 radical (unpaired) electrons. The van der Waals surface area contributed by atoms with Crippen LogP contribution in [-0.2, 0) is 0 Å². The molecule has 0 spiro atoms. The number of hydrogen-bond acceptors (Lipinski definition) is 6. The van der Waals surface area contributed by atoms with E-state index in [1.165, 1.54) is 0 Å². The first-order valence-corrected chi connectivity index (χ1v) is 11.9. The molecule has 0 aliphatic carbocycles. The lowest BCUT2D eigenvalue weighted by atomic mass is 10.0. The minimum atomic E-state index is 0.168. The molecule has 2 amide bonds. The van der Waals surface area contributed by atoms with Crippen LogP contribution in [0.4, 0.5) is 10.6 Å². The summed E-state index contributed by atoms with van der Waals surface area (Å²) in [6.45, 7) is 4.67. The third-order valence-corrected chi connectivity index (χ3v) is 6.87. The summed E-state index contributed by atoms with van der Waals surface area (Å²) in [5.74, 6) is 0.887. The fourth-order valence-corrected chi connectivity index (χ4v) is 4.96. The van der Waals surface area contributed by atoms with Gasteiger partial charge in [0.2, 0.25) is 0 Å². The average Bonchev–Trinajstić information content (AvgIpc) is 3.69. The SMILES string of the molecule is N#Cc1cnn2cc(-c3cn[nH]c3)cc(-c3ccc(N4CCN(C(=O)N5CCCC5)CC4)nc3)c12. The molecule has 4 aromatic heterocycles. The molecule has 35 heavy (non-hydrogen) atoms. The number of anilines is 1. The van der Waals surface area contributed by atoms with Gasteiger partial charge in [0, 0.05) is 80.1 Å². The Morgan fingerprint density at radius 2 is 1.74 bits per heavy atom. The van der Waals surface area contributed by atoms with Gasteiger partial charge in [-0.2, -0.15) is 15.5 Å². The average molecular weight is 468 g/mol. The number of carbonyl (C=O) groups is 1. The highest BCUT2D eigenvalue weighted by Gasteiger charge is 2.27. The number of piperazine rings is 1. The maximum atomic E-state index is 12.7. The van der Waals surface area contributed by atoms with Crippen molar-refractivity contribution in [2.75, 3.05) is 44.2 Å². The molecule has 2 aliphatic rings. The first kappa shape index (κ1) is 21.2. The highest BCUT2D eigenvalue weighted by Crippen LogP contribution is 2.32. The van der Waals surface area contributed by atoms with Gasteiger partial charge < -0.3 is 14.7 Å². The Hall–Kier alpha value is -4.39. The van der Waals surface area contributed by atoms with Crippen molar-refractivity contribution in [3.63, 3.8) is 0 Å². The Morgan fingerprint density at radius 1 is 0.943 bits per heavy atom. The van der Waals surface area contributed by atoms with Crippen LogP contribution in [0.15, 0.2) is 49.2 Å². The summed E-state index contributed by atoms with van der Waals surface area (Å²) in [5, 5.41) is 20.9. The van der Waals surface area contributed by atoms with Gasteiger partial charge in [0.25, 0.3) is 0 Å². The monoisotopic (exact) mass is 467 g/mol. The molecule has 0 atom stereocenters. The Kier molecular flexibility index (Phi) is 5.29. The molecule has 6 heterocycles. The van der Waals surface area contributed by atoms with Crippen LogP contribution >= 0.6 is 0 Å². The van der Waals surface area contributed by atoms with Crippen molar-refractivity contribution in [1.82, 2.24) is 34.6 Å². The zero-order valence-electron chi connectivity index (χ0n) is 19.3. The van der Waals surface area contributed by atoms with Gasteiger partial charge in [0.15, 0.2) is 0 Å². The van der Waals surface area contributed by atoms with E-state index in [9.17, 15) is 10.1 Å². The summed E-state index contributed by atoms with van der Waals surface area (Å²) in [7, 11) is 0. The molecule has 0 saturated carbocycles. The van der Waals surface area contributed by atoms with Crippen molar-refractivity contribution < 1.29 is 4.79 Å². The molecule has 4 aromatic rings. The molecule has 6 rings (SSSR count). The maximum Gasteiger partial charge on any atom is 0.320 e. The number of fused-ring (bicyclic) bond motifs is 1. The molecule has 2 aliphatic heterocycles. The van der Waals surface area contributed by atoms with Crippen LogP contribution in [-0.4, -0.2) is 79.9 Å². The highest BCUT2D eigenvalue weighted by molar-refractivity contribution is 5.87. The maximum absolute atomic E-state index is 12.7. The summed E-state index contributed by atoms with van der Waals surface area (Å²) in [6.07, 6.45) is 11.1. The van der Waals surface area contributed by atoms with Crippen molar-refractivity contribution in [3.8, 4) is 28.3 Å². The highest BCUT2D eigenvalue weighted by atomic mass is 16.2. The topological polar surface area (TPSA) is 109 Å². The van der Waals surface area contributed by atoms with E-state index >= 15 is 0 Å². The van der Waals surface area contributed by atoms with Crippen LogP contribution in [0.2, 0.25) is 0 Å². The van der Waals surface area contributed by atoms with E-state index in [2.05, 4.69) is 26.3 Å². The number of amides is 2. The quantitative estimate of drug-likeness (QED) is 0.496. The molecule has 10 heteroatoms. The molecule has 0 unspecified atom stereocenters. The molecule has 10 nitrogen and oxygen atoms in total.